The van der Waals surface area contributed by atoms with Gasteiger partial charge in [-0.05, 0) is 64.3 Å². The molecule has 0 unspecified atom stereocenters. The number of aromatic nitrogens is 2. The lowest BCUT2D eigenvalue weighted by Gasteiger charge is -2.29. The van der Waals surface area contributed by atoms with Crippen molar-refractivity contribution in [3.63, 3.8) is 0 Å². The van der Waals surface area contributed by atoms with Crippen LogP contribution in [0.25, 0.3) is 11.3 Å². The molecule has 0 saturated heterocycles. The molecule has 1 amide bonds. The normalized spacial score (nSPS) is 22.2. The number of ether oxygens (including phenoxy) is 1. The van der Waals surface area contributed by atoms with E-state index in [1.807, 2.05) is 19.2 Å². The van der Waals surface area contributed by atoms with Gasteiger partial charge in [-0.15, -0.1) is 0 Å². The molecule has 1 aliphatic carbocycles. The first-order valence-electron chi connectivity index (χ1n) is 14.5. The molecule has 2 aliphatic heterocycles. The van der Waals surface area contributed by atoms with Gasteiger partial charge >= 0.3 is 0 Å². The number of amides is 1. The van der Waals surface area contributed by atoms with Crippen molar-refractivity contribution in [2.75, 3.05) is 24.7 Å². The van der Waals surface area contributed by atoms with Gasteiger partial charge in [0.25, 0.3) is 5.91 Å². The quantitative estimate of drug-likeness (QED) is 0.336. The lowest BCUT2D eigenvalue weighted by molar-refractivity contribution is 0.0362. The van der Waals surface area contributed by atoms with Crippen LogP contribution in [0.1, 0.15) is 74.3 Å². The molecule has 2 aromatic carbocycles. The molecule has 4 bridgehead atoms. The summed E-state index contributed by atoms with van der Waals surface area (Å²) in [6, 6.07) is 12.0. The van der Waals surface area contributed by atoms with Crippen LogP contribution >= 0.6 is 0 Å². The van der Waals surface area contributed by atoms with Crippen LogP contribution < -0.4 is 21.1 Å². The van der Waals surface area contributed by atoms with E-state index < -0.39 is 26.1 Å². The molecule has 10 nitrogen and oxygen atoms in total. The molecule has 3 aromatic rings. The summed E-state index contributed by atoms with van der Waals surface area (Å²) in [6.07, 6.45) is 6.61. The first-order chi connectivity index (χ1) is 20.1. The fraction of sp³-hybridized carbons (Fsp3) is 0.452. The number of rotatable bonds is 2. The minimum Gasteiger partial charge on any atom is -0.491 e. The minimum atomic E-state index is -3.66. The van der Waals surface area contributed by atoms with E-state index in [0.29, 0.717) is 55.1 Å². The number of hydrogen-bond acceptors (Lipinski definition) is 9. The van der Waals surface area contributed by atoms with Gasteiger partial charge in [0.05, 0.1) is 39.4 Å². The largest absolute Gasteiger partial charge is 0.491 e. The number of benzene rings is 2. The molecule has 6 rings (SSSR count). The van der Waals surface area contributed by atoms with Crippen LogP contribution in [0.15, 0.2) is 53.6 Å². The maximum absolute atomic E-state index is 13.7. The number of carbonyl (C=O) groups excluding carboxylic acids is 1. The summed E-state index contributed by atoms with van der Waals surface area (Å²) in [7, 11) is -1.82. The van der Waals surface area contributed by atoms with E-state index in [0.717, 1.165) is 31.2 Å². The third-order valence-electron chi connectivity index (χ3n) is 8.13. The van der Waals surface area contributed by atoms with E-state index in [1.54, 1.807) is 37.3 Å². The van der Waals surface area contributed by atoms with Gasteiger partial charge in [0, 0.05) is 17.7 Å². The maximum atomic E-state index is 13.7. The highest BCUT2D eigenvalue weighted by molar-refractivity contribution is 7.93. The average molecular weight is 594 g/mol. The number of nitrogen functional groups attached to an aromatic ring is 1. The van der Waals surface area contributed by atoms with Crippen molar-refractivity contribution in [1.82, 2.24) is 15.3 Å². The van der Waals surface area contributed by atoms with Crippen LogP contribution in [0.2, 0.25) is 0 Å². The number of nitrogens with zero attached hydrogens (tertiary/aromatic N) is 2. The molecule has 1 aromatic heterocycles. The number of para-hydroxylation sites is 1. The second-order valence-electron chi connectivity index (χ2n) is 11.7. The number of hydrogen-bond donors (Lipinski definition) is 4. The Kier molecular flexibility index (Phi) is 8.54. The molecule has 1 atom stereocenters. The maximum Gasteiger partial charge on any atom is 0.278 e. The standard InChI is InChI=1S/C31H39N5O5S/c1-30(38)14-5-3-4-6-17-41-27-22(18-33-2)8-7-9-24(27)36-29(37)26-28(32)34-19-25(35-26)21-10-12-23(13-11-21)42(39,40)31(20-30)15-16-31/h7-13,19,33,38H,3-6,14-18,20H2,1-2H3,(H2,32,34)(H,36,37)/t30-/m0/s1. The van der Waals surface area contributed by atoms with E-state index in [-0.39, 0.29) is 22.8 Å². The van der Waals surface area contributed by atoms with Crippen molar-refractivity contribution in [2.24, 2.45) is 0 Å². The Hall–Kier alpha value is -3.54. The molecular weight excluding hydrogens is 554 g/mol. The summed E-state index contributed by atoms with van der Waals surface area (Å²) in [4.78, 5) is 22.3. The summed E-state index contributed by atoms with van der Waals surface area (Å²) in [5, 5.41) is 17.2. The highest BCUT2D eigenvalue weighted by Crippen LogP contribution is 2.52. The van der Waals surface area contributed by atoms with Gasteiger partial charge in [-0.25, -0.2) is 18.4 Å². The van der Waals surface area contributed by atoms with Crippen LogP contribution in [-0.4, -0.2) is 53.4 Å². The molecule has 5 N–H and O–H groups in total. The Labute approximate surface area is 247 Å². The summed E-state index contributed by atoms with van der Waals surface area (Å²) in [5.74, 6) is 0.0262. The first-order valence-corrected chi connectivity index (χ1v) is 15.9. The smallest absolute Gasteiger partial charge is 0.278 e. The second kappa shape index (κ2) is 12.0. The summed E-state index contributed by atoms with van der Waals surface area (Å²) < 4.78 is 32.6. The first kappa shape index (κ1) is 29.9. The highest BCUT2D eigenvalue weighted by atomic mass is 32.2. The van der Waals surface area contributed by atoms with Gasteiger partial charge < -0.3 is 26.2 Å². The minimum absolute atomic E-state index is 0.0264. The Balaban J connectivity index is 1.50. The molecule has 11 heteroatoms. The van der Waals surface area contributed by atoms with Gasteiger partial charge in [0.1, 0.15) is 5.75 Å². The molecule has 1 saturated carbocycles. The number of sulfone groups is 1. The van der Waals surface area contributed by atoms with E-state index in [4.69, 9.17) is 10.5 Å². The summed E-state index contributed by atoms with van der Waals surface area (Å²) in [5.41, 5.74) is 7.32. The predicted octanol–water partition coefficient (Wildman–Crippen LogP) is 4.49. The molecule has 42 heavy (non-hydrogen) atoms. The van der Waals surface area contributed by atoms with Crippen molar-refractivity contribution in [3.05, 3.63) is 59.9 Å². The average Bonchev–Trinajstić information content (AvgIpc) is 3.74. The van der Waals surface area contributed by atoms with Gasteiger partial charge in [-0.1, -0.05) is 43.5 Å². The van der Waals surface area contributed by atoms with Crippen LogP contribution in [0, 0.1) is 0 Å². The molecular formula is C31H39N5O5S. The van der Waals surface area contributed by atoms with Crippen molar-refractivity contribution in [1.29, 1.82) is 0 Å². The molecule has 224 valence electrons. The second-order valence-corrected chi connectivity index (χ2v) is 14.0. The third-order valence-corrected chi connectivity index (χ3v) is 10.7. The van der Waals surface area contributed by atoms with E-state index in [1.165, 1.54) is 6.20 Å². The van der Waals surface area contributed by atoms with Crippen LogP contribution in [0.5, 0.6) is 5.75 Å². The summed E-state index contributed by atoms with van der Waals surface area (Å²) in [6.45, 7) is 2.76. The zero-order chi connectivity index (χ0) is 30.0. The fourth-order valence-corrected chi connectivity index (χ4v) is 7.86. The zero-order valence-corrected chi connectivity index (χ0v) is 25.0. The Bertz CT molecular complexity index is 1550. The van der Waals surface area contributed by atoms with Crippen LogP contribution in [0.3, 0.4) is 0 Å². The highest BCUT2D eigenvalue weighted by Gasteiger charge is 2.57. The van der Waals surface area contributed by atoms with Gasteiger partial charge in [-0.2, -0.15) is 0 Å². The van der Waals surface area contributed by atoms with Crippen molar-refractivity contribution in [3.8, 4) is 17.0 Å². The van der Waals surface area contributed by atoms with E-state index >= 15 is 0 Å². The number of aliphatic hydroxyl groups is 1. The summed E-state index contributed by atoms with van der Waals surface area (Å²) >= 11 is 0. The van der Waals surface area contributed by atoms with Gasteiger partial charge in [0.15, 0.2) is 21.3 Å². The van der Waals surface area contributed by atoms with Gasteiger partial charge in [0.2, 0.25) is 0 Å². The molecule has 0 radical (unpaired) electrons. The number of nitrogens with one attached hydrogen (secondary N) is 2. The van der Waals surface area contributed by atoms with Crippen LogP contribution in [-0.2, 0) is 16.4 Å². The molecule has 1 fully saturated rings. The number of fused-ring (bicyclic) bond motifs is 11. The van der Waals surface area contributed by atoms with Crippen molar-refractivity contribution in [2.45, 2.75) is 80.1 Å². The SMILES string of the molecule is CNCc1cccc2c1OCCCCCC[C@](C)(O)CC1(CC1)S(=O)(=O)c1ccc(cc1)-c1cnc(N)c(n1)C(=O)N2. The zero-order valence-electron chi connectivity index (χ0n) is 24.2. The topological polar surface area (TPSA) is 157 Å². The Morgan fingerprint density at radius 2 is 1.81 bits per heavy atom. The van der Waals surface area contributed by atoms with E-state index in [9.17, 15) is 18.3 Å². The molecule has 1 spiro atoms. The fourth-order valence-electron chi connectivity index (χ4n) is 5.72. The Morgan fingerprint density at radius 3 is 2.52 bits per heavy atom. The van der Waals surface area contributed by atoms with Crippen molar-refractivity contribution >= 4 is 27.2 Å². The van der Waals surface area contributed by atoms with Gasteiger partial charge in [-0.3, -0.25) is 4.79 Å². The van der Waals surface area contributed by atoms with E-state index in [2.05, 4.69) is 20.6 Å². The van der Waals surface area contributed by atoms with Crippen molar-refractivity contribution < 1.29 is 23.1 Å². The van der Waals surface area contributed by atoms with Crippen LogP contribution in [0.4, 0.5) is 11.5 Å². The third kappa shape index (κ3) is 6.28. The molecule has 3 heterocycles. The number of carbonyl (C=O) groups is 1. The lowest BCUT2D eigenvalue weighted by atomic mass is 9.92. The lowest BCUT2D eigenvalue weighted by Crippen LogP contribution is -2.36. The predicted molar refractivity (Wildman–Crippen MR) is 162 cm³/mol. The Morgan fingerprint density at radius 1 is 1.07 bits per heavy atom. The number of anilines is 2. The number of nitrogens with two attached hydrogens (primary N) is 1. The monoisotopic (exact) mass is 593 g/mol. The molecule has 3 aliphatic rings.